The highest BCUT2D eigenvalue weighted by atomic mass is 35.5. The van der Waals surface area contributed by atoms with Gasteiger partial charge in [-0.15, -0.1) is 0 Å². The number of benzene rings is 2. The van der Waals surface area contributed by atoms with Gasteiger partial charge in [0.15, 0.2) is 5.13 Å². The number of carbonyl (C=O) groups excluding carboxylic acids is 1. The molecule has 31 heavy (non-hydrogen) atoms. The summed E-state index contributed by atoms with van der Waals surface area (Å²) in [6, 6.07) is 9.24. The van der Waals surface area contributed by atoms with Crippen molar-refractivity contribution in [2.45, 2.75) is 23.8 Å². The van der Waals surface area contributed by atoms with Gasteiger partial charge in [0.05, 0.1) is 25.7 Å². The van der Waals surface area contributed by atoms with E-state index >= 15 is 0 Å². The largest absolute Gasteiger partial charge is 0.377 e. The van der Waals surface area contributed by atoms with Crippen LogP contribution in [0, 0.1) is 0 Å². The van der Waals surface area contributed by atoms with E-state index in [0.29, 0.717) is 39.4 Å². The highest BCUT2D eigenvalue weighted by Crippen LogP contribution is 2.35. The van der Waals surface area contributed by atoms with Gasteiger partial charge in [0.1, 0.15) is 5.52 Å². The summed E-state index contributed by atoms with van der Waals surface area (Å²) in [6.07, 6.45) is 1.71. The van der Waals surface area contributed by atoms with Crippen molar-refractivity contribution in [3.05, 3.63) is 52.0 Å². The van der Waals surface area contributed by atoms with Crippen LogP contribution in [0.3, 0.4) is 0 Å². The number of halogens is 2. The lowest BCUT2D eigenvalue weighted by molar-refractivity contribution is 0.0979. The van der Waals surface area contributed by atoms with Gasteiger partial charge in [0.2, 0.25) is 10.0 Å². The van der Waals surface area contributed by atoms with Crippen molar-refractivity contribution in [2.75, 3.05) is 25.5 Å². The average Bonchev–Trinajstić information content (AvgIpc) is 3.41. The Morgan fingerprint density at radius 2 is 2.00 bits per heavy atom. The van der Waals surface area contributed by atoms with Crippen LogP contribution in [0.2, 0.25) is 10.0 Å². The summed E-state index contributed by atoms with van der Waals surface area (Å²) in [7, 11) is -2.14. The van der Waals surface area contributed by atoms with Crippen molar-refractivity contribution in [3.63, 3.8) is 0 Å². The third-order valence-corrected chi connectivity index (χ3v) is 8.55. The number of sulfonamides is 1. The normalized spacial score (nSPS) is 16.8. The lowest BCUT2D eigenvalue weighted by Gasteiger charge is -2.20. The fraction of sp³-hybridized carbons (Fsp3) is 0.300. The Morgan fingerprint density at radius 1 is 1.26 bits per heavy atom. The van der Waals surface area contributed by atoms with E-state index in [0.717, 1.165) is 17.5 Å². The number of nitrogens with one attached hydrogen (secondary N) is 1. The molecule has 1 aromatic heterocycles. The van der Waals surface area contributed by atoms with Gasteiger partial charge in [-0.2, -0.15) is 4.31 Å². The van der Waals surface area contributed by atoms with Gasteiger partial charge in [-0.25, -0.2) is 13.4 Å². The molecule has 1 aliphatic rings. The fourth-order valence-corrected chi connectivity index (χ4v) is 5.78. The van der Waals surface area contributed by atoms with Gasteiger partial charge < -0.3 is 4.74 Å². The van der Waals surface area contributed by atoms with Crippen molar-refractivity contribution in [3.8, 4) is 0 Å². The van der Waals surface area contributed by atoms with E-state index in [1.54, 1.807) is 12.1 Å². The number of anilines is 1. The van der Waals surface area contributed by atoms with Crippen LogP contribution in [-0.2, 0) is 14.8 Å². The minimum Gasteiger partial charge on any atom is -0.377 e. The molecule has 1 saturated heterocycles. The number of hydrogen-bond acceptors (Lipinski definition) is 6. The maximum absolute atomic E-state index is 12.8. The van der Waals surface area contributed by atoms with E-state index in [1.807, 2.05) is 0 Å². The molecule has 1 N–H and O–H groups in total. The van der Waals surface area contributed by atoms with Gasteiger partial charge >= 0.3 is 0 Å². The maximum Gasteiger partial charge on any atom is 0.257 e. The van der Waals surface area contributed by atoms with Crippen LogP contribution in [0.1, 0.15) is 23.2 Å². The summed E-state index contributed by atoms with van der Waals surface area (Å²) >= 11 is 13.4. The lowest BCUT2D eigenvalue weighted by atomic mass is 10.2. The maximum atomic E-state index is 12.8. The molecule has 1 unspecified atom stereocenters. The standard InChI is InChI=1S/C20H19Cl2N3O4S2/c1-25(11-13-3-2-10-29-13)31(27,28)14-6-4-12(5-7-14)19(26)24-20-23-18-16(30-20)9-8-15(21)17(18)22/h4-9,13H,2-3,10-11H2,1H3,(H,23,24,26). The molecular weight excluding hydrogens is 481 g/mol. The first-order chi connectivity index (χ1) is 14.8. The number of ether oxygens (including phenoxy) is 1. The molecule has 164 valence electrons. The zero-order valence-corrected chi connectivity index (χ0v) is 19.6. The van der Waals surface area contributed by atoms with Crippen LogP contribution in [0.5, 0.6) is 0 Å². The molecule has 0 saturated carbocycles. The zero-order valence-electron chi connectivity index (χ0n) is 16.5. The first kappa shape index (κ1) is 22.4. The number of likely N-dealkylation sites (N-methyl/N-ethyl adjacent to an activating group) is 1. The molecule has 2 aromatic carbocycles. The number of rotatable bonds is 6. The van der Waals surface area contributed by atoms with E-state index in [2.05, 4.69) is 10.3 Å². The number of carbonyl (C=O) groups is 1. The van der Waals surface area contributed by atoms with E-state index in [9.17, 15) is 13.2 Å². The molecule has 0 aliphatic carbocycles. The predicted octanol–water partition coefficient (Wildman–Crippen LogP) is 4.65. The molecular formula is C20H19Cl2N3O4S2. The van der Waals surface area contributed by atoms with Crippen LogP contribution in [-0.4, -0.2) is 49.9 Å². The van der Waals surface area contributed by atoms with Crippen LogP contribution >= 0.6 is 34.5 Å². The number of thiazole rings is 1. The lowest BCUT2D eigenvalue weighted by Crippen LogP contribution is -2.34. The molecule has 0 spiro atoms. The van der Waals surface area contributed by atoms with E-state index in [4.69, 9.17) is 27.9 Å². The molecule has 3 aromatic rings. The number of fused-ring (bicyclic) bond motifs is 1. The summed E-state index contributed by atoms with van der Waals surface area (Å²) in [6.45, 7) is 0.963. The first-order valence-corrected chi connectivity index (χ1v) is 12.5. The Hall–Kier alpha value is -1.75. The molecule has 2 heterocycles. The Kier molecular flexibility index (Phi) is 6.52. The number of amides is 1. The molecule has 1 atom stereocenters. The van der Waals surface area contributed by atoms with E-state index in [1.165, 1.54) is 47.0 Å². The van der Waals surface area contributed by atoms with Crippen LogP contribution in [0.15, 0.2) is 41.3 Å². The Labute approximate surface area is 194 Å². The van der Waals surface area contributed by atoms with Crippen LogP contribution in [0.4, 0.5) is 5.13 Å². The Morgan fingerprint density at radius 3 is 2.68 bits per heavy atom. The second-order valence-corrected chi connectivity index (χ2v) is 11.0. The summed E-state index contributed by atoms with van der Waals surface area (Å²) < 4.78 is 33.2. The second-order valence-electron chi connectivity index (χ2n) is 7.13. The van der Waals surface area contributed by atoms with E-state index in [-0.39, 0.29) is 11.0 Å². The van der Waals surface area contributed by atoms with E-state index < -0.39 is 15.9 Å². The summed E-state index contributed by atoms with van der Waals surface area (Å²) in [5.41, 5.74) is 0.828. The smallest absolute Gasteiger partial charge is 0.257 e. The number of aromatic nitrogens is 1. The molecule has 1 amide bonds. The summed E-state index contributed by atoms with van der Waals surface area (Å²) in [4.78, 5) is 17.0. The molecule has 0 bridgehead atoms. The molecule has 7 nitrogen and oxygen atoms in total. The summed E-state index contributed by atoms with van der Waals surface area (Å²) in [5, 5.41) is 3.80. The fourth-order valence-electron chi connectivity index (χ4n) is 3.29. The molecule has 1 fully saturated rings. The quantitative estimate of drug-likeness (QED) is 0.532. The Bertz CT molecular complexity index is 1220. The highest BCUT2D eigenvalue weighted by molar-refractivity contribution is 7.89. The molecule has 4 rings (SSSR count). The van der Waals surface area contributed by atoms with Gasteiger partial charge in [0, 0.05) is 25.8 Å². The molecule has 0 radical (unpaired) electrons. The Balaban J connectivity index is 1.47. The summed E-state index contributed by atoms with van der Waals surface area (Å²) in [5.74, 6) is -0.405. The van der Waals surface area contributed by atoms with Crippen molar-refractivity contribution in [2.24, 2.45) is 0 Å². The minimum atomic E-state index is -3.67. The average molecular weight is 500 g/mol. The van der Waals surface area contributed by atoms with Crippen molar-refractivity contribution < 1.29 is 17.9 Å². The third-order valence-electron chi connectivity index (χ3n) is 4.98. The van der Waals surface area contributed by atoms with Crippen LogP contribution in [0.25, 0.3) is 10.2 Å². The van der Waals surface area contributed by atoms with Gasteiger partial charge in [-0.3, -0.25) is 10.1 Å². The number of nitrogens with zero attached hydrogens (tertiary/aromatic N) is 2. The predicted molar refractivity (Wildman–Crippen MR) is 123 cm³/mol. The first-order valence-electron chi connectivity index (χ1n) is 9.49. The van der Waals surface area contributed by atoms with Gasteiger partial charge in [-0.05, 0) is 49.2 Å². The highest BCUT2D eigenvalue weighted by Gasteiger charge is 2.26. The topological polar surface area (TPSA) is 88.6 Å². The van der Waals surface area contributed by atoms with Crippen molar-refractivity contribution >= 4 is 65.8 Å². The molecule has 11 heteroatoms. The third kappa shape index (κ3) is 4.72. The molecule has 1 aliphatic heterocycles. The minimum absolute atomic E-state index is 0.0815. The second kappa shape index (κ2) is 9.01. The van der Waals surface area contributed by atoms with Gasteiger partial charge in [-0.1, -0.05) is 34.5 Å². The van der Waals surface area contributed by atoms with Crippen molar-refractivity contribution in [1.82, 2.24) is 9.29 Å². The number of hydrogen-bond donors (Lipinski definition) is 1. The van der Waals surface area contributed by atoms with Crippen LogP contribution < -0.4 is 5.32 Å². The van der Waals surface area contributed by atoms with Crippen molar-refractivity contribution in [1.29, 1.82) is 0 Å². The monoisotopic (exact) mass is 499 g/mol. The SMILES string of the molecule is CN(CC1CCCO1)S(=O)(=O)c1ccc(C(=O)Nc2nc3c(Cl)c(Cl)ccc3s2)cc1. The van der Waals surface area contributed by atoms with Gasteiger partial charge in [0.25, 0.3) is 5.91 Å². The zero-order chi connectivity index (χ0) is 22.2.